The van der Waals surface area contributed by atoms with Gasteiger partial charge in [0.05, 0.1) is 5.02 Å². The van der Waals surface area contributed by atoms with Crippen LogP contribution in [0.4, 0.5) is 5.82 Å². The standard InChI is InChI=1S/C11H17ClN4O3S/c1-16(8-2-4-19-5-3-8)20(17,18)9-6-10(12)11(15-13)14-7-9/h6-8H,2-5,13H2,1H3,(H,14,15). The van der Waals surface area contributed by atoms with Crippen LogP contribution in [0.1, 0.15) is 12.8 Å². The number of nitrogens with zero attached hydrogens (tertiary/aromatic N) is 2. The summed E-state index contributed by atoms with van der Waals surface area (Å²) in [4.78, 5) is 3.94. The first-order chi connectivity index (χ1) is 9.46. The van der Waals surface area contributed by atoms with E-state index in [1.807, 2.05) is 0 Å². The van der Waals surface area contributed by atoms with E-state index in [0.29, 0.717) is 26.1 Å². The fourth-order valence-corrected chi connectivity index (χ4v) is 3.75. The van der Waals surface area contributed by atoms with E-state index >= 15 is 0 Å². The van der Waals surface area contributed by atoms with E-state index in [0.717, 1.165) is 0 Å². The Kier molecular flexibility index (Phi) is 4.82. The van der Waals surface area contributed by atoms with Crippen molar-refractivity contribution in [2.24, 2.45) is 5.84 Å². The number of nitrogen functional groups attached to an aromatic ring is 1. The summed E-state index contributed by atoms with van der Waals surface area (Å²) >= 11 is 5.92. The summed E-state index contributed by atoms with van der Waals surface area (Å²) in [7, 11) is -2.06. The van der Waals surface area contributed by atoms with Crippen molar-refractivity contribution in [2.75, 3.05) is 25.7 Å². The second-order valence-corrected chi connectivity index (χ2v) is 6.92. The third-order valence-electron chi connectivity index (χ3n) is 3.33. The molecule has 0 atom stereocenters. The molecule has 0 radical (unpaired) electrons. The Bertz CT molecular complexity index is 575. The van der Waals surface area contributed by atoms with E-state index in [1.54, 1.807) is 7.05 Å². The molecule has 9 heteroatoms. The predicted molar refractivity (Wildman–Crippen MR) is 75.8 cm³/mol. The summed E-state index contributed by atoms with van der Waals surface area (Å²) in [5.74, 6) is 5.45. The second-order valence-electron chi connectivity index (χ2n) is 4.51. The lowest BCUT2D eigenvalue weighted by Gasteiger charge is -2.30. The summed E-state index contributed by atoms with van der Waals surface area (Å²) in [5, 5.41) is 0.161. The van der Waals surface area contributed by atoms with Gasteiger partial charge in [0.25, 0.3) is 0 Å². The van der Waals surface area contributed by atoms with Crippen LogP contribution in [0.3, 0.4) is 0 Å². The summed E-state index contributed by atoms with van der Waals surface area (Å²) < 4.78 is 31.6. The molecule has 1 aromatic heterocycles. The van der Waals surface area contributed by atoms with Crippen LogP contribution in [0.5, 0.6) is 0 Å². The highest BCUT2D eigenvalue weighted by atomic mass is 35.5. The number of hydrogen-bond acceptors (Lipinski definition) is 6. The van der Waals surface area contributed by atoms with Crippen molar-refractivity contribution < 1.29 is 13.2 Å². The third kappa shape index (κ3) is 3.04. The minimum atomic E-state index is -3.62. The van der Waals surface area contributed by atoms with Gasteiger partial charge in [-0.25, -0.2) is 19.2 Å². The molecule has 1 saturated heterocycles. The highest BCUT2D eigenvalue weighted by Crippen LogP contribution is 2.26. The molecule has 2 heterocycles. The fraction of sp³-hybridized carbons (Fsp3) is 0.545. The van der Waals surface area contributed by atoms with Crippen LogP contribution < -0.4 is 11.3 Å². The van der Waals surface area contributed by atoms with Crippen molar-refractivity contribution in [2.45, 2.75) is 23.8 Å². The lowest BCUT2D eigenvalue weighted by atomic mass is 10.1. The van der Waals surface area contributed by atoms with Gasteiger partial charge in [-0.15, -0.1) is 0 Å². The molecule has 0 bridgehead atoms. The highest BCUT2D eigenvalue weighted by molar-refractivity contribution is 7.89. The molecule has 3 N–H and O–H groups in total. The van der Waals surface area contributed by atoms with Crippen LogP contribution in [0.25, 0.3) is 0 Å². The number of halogens is 1. The van der Waals surface area contributed by atoms with Crippen molar-refractivity contribution in [1.82, 2.24) is 9.29 Å². The minimum Gasteiger partial charge on any atom is -0.381 e. The van der Waals surface area contributed by atoms with Crippen LogP contribution in [0.2, 0.25) is 5.02 Å². The lowest BCUT2D eigenvalue weighted by Crippen LogP contribution is -2.40. The molecule has 0 aromatic carbocycles. The molecule has 0 saturated carbocycles. The Morgan fingerprint density at radius 2 is 2.15 bits per heavy atom. The van der Waals surface area contributed by atoms with Crippen molar-refractivity contribution in [3.05, 3.63) is 17.3 Å². The molecular formula is C11H17ClN4O3S. The van der Waals surface area contributed by atoms with Crippen LogP contribution in [-0.2, 0) is 14.8 Å². The molecule has 2 rings (SSSR count). The zero-order valence-corrected chi connectivity index (χ0v) is 12.6. The Morgan fingerprint density at radius 3 is 2.70 bits per heavy atom. The first-order valence-corrected chi connectivity index (χ1v) is 7.96. The Balaban J connectivity index is 2.27. The maximum Gasteiger partial charge on any atom is 0.244 e. The number of aromatic nitrogens is 1. The van der Waals surface area contributed by atoms with Gasteiger partial charge in [-0.2, -0.15) is 4.31 Å². The number of hydrogen-bond donors (Lipinski definition) is 2. The van der Waals surface area contributed by atoms with E-state index < -0.39 is 10.0 Å². The average molecular weight is 321 g/mol. The summed E-state index contributed by atoms with van der Waals surface area (Å²) in [6.45, 7) is 1.14. The maximum absolute atomic E-state index is 12.5. The normalized spacial score (nSPS) is 17.4. The van der Waals surface area contributed by atoms with E-state index in [1.165, 1.54) is 16.6 Å². The van der Waals surface area contributed by atoms with Crippen LogP contribution in [0, 0.1) is 0 Å². The number of pyridine rings is 1. The Morgan fingerprint density at radius 1 is 1.50 bits per heavy atom. The quantitative estimate of drug-likeness (QED) is 0.629. The molecule has 0 unspecified atom stereocenters. The van der Waals surface area contributed by atoms with Gasteiger partial charge in [0.15, 0.2) is 5.82 Å². The average Bonchev–Trinajstić information content (AvgIpc) is 2.47. The van der Waals surface area contributed by atoms with Crippen molar-refractivity contribution >= 4 is 27.4 Å². The van der Waals surface area contributed by atoms with E-state index in [9.17, 15) is 8.42 Å². The summed E-state index contributed by atoms with van der Waals surface area (Å²) in [6.07, 6.45) is 2.60. The SMILES string of the molecule is CN(C1CCOCC1)S(=O)(=O)c1cnc(NN)c(Cl)c1. The van der Waals surface area contributed by atoms with E-state index in [2.05, 4.69) is 10.4 Å². The first kappa shape index (κ1) is 15.5. The zero-order valence-electron chi connectivity index (χ0n) is 11.0. The first-order valence-electron chi connectivity index (χ1n) is 6.14. The molecule has 20 heavy (non-hydrogen) atoms. The number of hydrazine groups is 1. The largest absolute Gasteiger partial charge is 0.381 e. The molecule has 1 aliphatic rings. The van der Waals surface area contributed by atoms with Crippen molar-refractivity contribution in [3.8, 4) is 0 Å². The molecule has 1 aliphatic heterocycles. The van der Waals surface area contributed by atoms with Crippen LogP contribution in [0.15, 0.2) is 17.2 Å². The van der Waals surface area contributed by atoms with Gasteiger partial charge in [0.2, 0.25) is 10.0 Å². The molecular weight excluding hydrogens is 304 g/mol. The predicted octanol–water partition coefficient (Wildman–Crippen LogP) is 0.820. The maximum atomic E-state index is 12.5. The van der Waals surface area contributed by atoms with Crippen LogP contribution >= 0.6 is 11.6 Å². The smallest absolute Gasteiger partial charge is 0.244 e. The topological polar surface area (TPSA) is 97.5 Å². The number of nitrogens with one attached hydrogen (secondary N) is 1. The number of nitrogens with two attached hydrogens (primary N) is 1. The lowest BCUT2D eigenvalue weighted by molar-refractivity contribution is 0.0632. The van der Waals surface area contributed by atoms with Gasteiger partial charge in [-0.1, -0.05) is 11.6 Å². The van der Waals surface area contributed by atoms with Gasteiger partial charge in [-0.05, 0) is 18.9 Å². The molecule has 0 aliphatic carbocycles. The summed E-state index contributed by atoms with van der Waals surface area (Å²) in [5.41, 5.74) is 2.30. The highest BCUT2D eigenvalue weighted by Gasteiger charge is 2.30. The van der Waals surface area contributed by atoms with Gasteiger partial charge >= 0.3 is 0 Å². The van der Waals surface area contributed by atoms with Gasteiger partial charge in [-0.3, -0.25) is 0 Å². The minimum absolute atomic E-state index is 0.0514. The number of ether oxygens (including phenoxy) is 1. The van der Waals surface area contributed by atoms with Crippen molar-refractivity contribution in [1.29, 1.82) is 0 Å². The molecule has 1 fully saturated rings. The zero-order chi connectivity index (χ0) is 14.8. The monoisotopic (exact) mass is 320 g/mol. The Hall–Kier alpha value is -0.930. The molecule has 0 amide bonds. The second kappa shape index (κ2) is 6.23. The molecule has 0 spiro atoms. The van der Waals surface area contributed by atoms with E-state index in [-0.39, 0.29) is 21.8 Å². The van der Waals surface area contributed by atoms with Gasteiger partial charge < -0.3 is 10.2 Å². The number of anilines is 1. The van der Waals surface area contributed by atoms with E-state index in [4.69, 9.17) is 22.2 Å². The molecule has 1 aromatic rings. The van der Waals surface area contributed by atoms with Crippen LogP contribution in [-0.4, -0.2) is 44.0 Å². The molecule has 7 nitrogen and oxygen atoms in total. The molecule has 112 valence electrons. The van der Waals surface area contributed by atoms with Crippen molar-refractivity contribution in [3.63, 3.8) is 0 Å². The Labute approximate surface area is 123 Å². The summed E-state index contributed by atoms with van der Waals surface area (Å²) in [6, 6.07) is 1.27. The van der Waals surface area contributed by atoms with Gasteiger partial charge in [0, 0.05) is 32.5 Å². The fourth-order valence-electron chi connectivity index (χ4n) is 2.08. The third-order valence-corrected chi connectivity index (χ3v) is 5.50. The number of sulfonamides is 1. The number of rotatable bonds is 4. The van der Waals surface area contributed by atoms with Gasteiger partial charge in [0.1, 0.15) is 4.90 Å².